The van der Waals surface area contributed by atoms with E-state index in [1.54, 1.807) is 30.6 Å². The van der Waals surface area contributed by atoms with Crippen LogP contribution in [0.15, 0.2) is 71.9 Å². The number of benzene rings is 2. The number of terminal acetylenes is 1. The number of ether oxygens (including phenoxy) is 2. The average Bonchev–Trinajstić information content (AvgIpc) is 2.82. The summed E-state index contributed by atoms with van der Waals surface area (Å²) in [6.07, 6.45) is 8.47. The molecule has 0 radical (unpaired) electrons. The van der Waals surface area contributed by atoms with Crippen LogP contribution in [0.5, 0.6) is 11.5 Å². The lowest BCUT2D eigenvalue weighted by Crippen LogP contribution is -2.24. The predicted octanol–water partition coefficient (Wildman–Crippen LogP) is 2.83. The van der Waals surface area contributed by atoms with E-state index in [9.17, 15) is 13.2 Å². The van der Waals surface area contributed by atoms with Crippen molar-refractivity contribution < 1.29 is 22.7 Å². The molecule has 3 aromatic rings. The van der Waals surface area contributed by atoms with Crippen LogP contribution < -0.4 is 19.5 Å². The van der Waals surface area contributed by atoms with Crippen LogP contribution in [-0.4, -0.2) is 33.0 Å². The van der Waals surface area contributed by atoms with Crippen molar-refractivity contribution in [3.05, 3.63) is 78.1 Å². The topological polar surface area (TPSA) is 107 Å². The molecule has 0 fully saturated rings. The van der Waals surface area contributed by atoms with Crippen LogP contribution in [0.2, 0.25) is 0 Å². The van der Waals surface area contributed by atoms with Crippen molar-refractivity contribution in [2.75, 3.05) is 19.0 Å². The van der Waals surface area contributed by atoms with Gasteiger partial charge in [0.15, 0.2) is 11.5 Å². The lowest BCUT2D eigenvalue weighted by Gasteiger charge is -2.13. The van der Waals surface area contributed by atoms with Crippen LogP contribution in [0, 0.1) is 12.3 Å². The van der Waals surface area contributed by atoms with Crippen molar-refractivity contribution in [2.24, 2.45) is 0 Å². The Morgan fingerprint density at radius 1 is 1.12 bits per heavy atom. The molecule has 1 aromatic heterocycles. The SMILES string of the molecule is C#CCNS(=O)(=O)c1cccc(C(=O)Nc2ccc(OC)c(OCc3cccnc3)c2)c1. The Hall–Kier alpha value is -3.87. The molecule has 32 heavy (non-hydrogen) atoms. The highest BCUT2D eigenvalue weighted by Gasteiger charge is 2.16. The molecule has 1 heterocycles. The quantitative estimate of drug-likeness (QED) is 0.485. The molecule has 3 rings (SSSR count). The van der Waals surface area contributed by atoms with Gasteiger partial charge in [-0.05, 0) is 36.4 Å². The second-order valence-electron chi connectivity index (χ2n) is 6.53. The highest BCUT2D eigenvalue weighted by atomic mass is 32.2. The van der Waals surface area contributed by atoms with Gasteiger partial charge in [-0.25, -0.2) is 8.42 Å². The number of pyridine rings is 1. The molecule has 9 heteroatoms. The summed E-state index contributed by atoms with van der Waals surface area (Å²) in [5, 5.41) is 2.74. The first kappa shape index (κ1) is 22.8. The van der Waals surface area contributed by atoms with Crippen molar-refractivity contribution in [1.82, 2.24) is 9.71 Å². The molecule has 0 saturated heterocycles. The second-order valence-corrected chi connectivity index (χ2v) is 8.29. The third kappa shape index (κ3) is 5.85. The van der Waals surface area contributed by atoms with Gasteiger partial charge in [0.05, 0.1) is 18.6 Å². The van der Waals surface area contributed by atoms with Gasteiger partial charge in [0, 0.05) is 35.3 Å². The van der Waals surface area contributed by atoms with Crippen LogP contribution in [0.25, 0.3) is 0 Å². The molecule has 2 aromatic carbocycles. The van der Waals surface area contributed by atoms with E-state index in [1.165, 1.54) is 31.4 Å². The van der Waals surface area contributed by atoms with Gasteiger partial charge >= 0.3 is 0 Å². The monoisotopic (exact) mass is 451 g/mol. The molecular formula is C23H21N3O5S. The summed E-state index contributed by atoms with van der Waals surface area (Å²) in [5.41, 5.74) is 1.50. The van der Waals surface area contributed by atoms with Crippen molar-refractivity contribution >= 4 is 21.6 Å². The van der Waals surface area contributed by atoms with Gasteiger partial charge < -0.3 is 14.8 Å². The fourth-order valence-electron chi connectivity index (χ4n) is 2.74. The zero-order valence-corrected chi connectivity index (χ0v) is 18.1. The molecular weight excluding hydrogens is 430 g/mol. The first-order valence-electron chi connectivity index (χ1n) is 9.47. The van der Waals surface area contributed by atoms with E-state index in [0.29, 0.717) is 17.2 Å². The first-order chi connectivity index (χ1) is 15.4. The van der Waals surface area contributed by atoms with Gasteiger partial charge in [-0.15, -0.1) is 6.42 Å². The predicted molar refractivity (Wildman–Crippen MR) is 120 cm³/mol. The fraction of sp³-hybridized carbons (Fsp3) is 0.130. The van der Waals surface area contributed by atoms with Crippen LogP contribution in [0.3, 0.4) is 0 Å². The largest absolute Gasteiger partial charge is 0.493 e. The molecule has 0 aliphatic carbocycles. The molecule has 0 spiro atoms. The minimum Gasteiger partial charge on any atom is -0.493 e. The van der Waals surface area contributed by atoms with Gasteiger partial charge in [-0.2, -0.15) is 4.72 Å². The first-order valence-corrected chi connectivity index (χ1v) is 11.0. The van der Waals surface area contributed by atoms with Gasteiger partial charge in [0.2, 0.25) is 10.0 Å². The van der Waals surface area contributed by atoms with E-state index in [1.807, 2.05) is 12.1 Å². The Balaban J connectivity index is 1.76. The number of nitrogens with one attached hydrogen (secondary N) is 2. The number of rotatable bonds is 9. The Morgan fingerprint density at radius 3 is 2.69 bits per heavy atom. The molecule has 0 saturated carbocycles. The standard InChI is InChI=1S/C23H21N3O5S/c1-3-11-25-32(28,29)20-8-4-7-18(13-20)23(27)26-19-9-10-21(30-2)22(14-19)31-16-17-6-5-12-24-15-17/h1,4-10,12-15,25H,11,16H2,2H3,(H,26,27). The summed E-state index contributed by atoms with van der Waals surface area (Å²) in [5.74, 6) is 2.65. The van der Waals surface area contributed by atoms with Crippen molar-refractivity contribution in [3.63, 3.8) is 0 Å². The summed E-state index contributed by atoms with van der Waals surface area (Å²) in [6.45, 7) is 0.124. The van der Waals surface area contributed by atoms with Crippen molar-refractivity contribution in [1.29, 1.82) is 0 Å². The third-order valence-corrected chi connectivity index (χ3v) is 5.71. The zero-order valence-electron chi connectivity index (χ0n) is 17.2. The molecule has 8 nitrogen and oxygen atoms in total. The molecule has 164 valence electrons. The van der Waals surface area contributed by atoms with Crippen molar-refractivity contribution in [2.45, 2.75) is 11.5 Å². The minimum atomic E-state index is -3.81. The summed E-state index contributed by atoms with van der Waals surface area (Å²) in [6, 6.07) is 14.3. The van der Waals surface area contributed by atoms with Crippen LogP contribution in [-0.2, 0) is 16.6 Å². The van der Waals surface area contributed by atoms with E-state index in [-0.39, 0.29) is 23.6 Å². The Kier molecular flexibility index (Phi) is 7.44. The maximum atomic E-state index is 12.7. The summed E-state index contributed by atoms with van der Waals surface area (Å²) in [7, 11) is -2.30. The summed E-state index contributed by atoms with van der Waals surface area (Å²) < 4.78 is 37.9. The maximum Gasteiger partial charge on any atom is 0.255 e. The number of hydrogen-bond donors (Lipinski definition) is 2. The van der Waals surface area contributed by atoms with Crippen LogP contribution >= 0.6 is 0 Å². The number of amides is 1. The van der Waals surface area contributed by atoms with E-state index in [2.05, 4.69) is 20.9 Å². The van der Waals surface area contributed by atoms with Gasteiger partial charge in [0.25, 0.3) is 5.91 Å². The van der Waals surface area contributed by atoms with E-state index in [4.69, 9.17) is 15.9 Å². The normalized spacial score (nSPS) is 10.8. The molecule has 1 amide bonds. The van der Waals surface area contributed by atoms with Crippen molar-refractivity contribution in [3.8, 4) is 23.8 Å². The average molecular weight is 452 g/mol. The molecule has 0 aliphatic heterocycles. The number of hydrogen-bond acceptors (Lipinski definition) is 6. The third-order valence-electron chi connectivity index (χ3n) is 4.31. The Labute approximate surface area is 186 Å². The Bertz CT molecular complexity index is 1240. The fourth-order valence-corrected chi connectivity index (χ4v) is 3.72. The Morgan fingerprint density at radius 2 is 1.97 bits per heavy atom. The van der Waals surface area contributed by atoms with E-state index < -0.39 is 15.9 Å². The molecule has 0 unspecified atom stereocenters. The number of nitrogens with zero attached hydrogens (tertiary/aromatic N) is 1. The number of methoxy groups -OCH3 is 1. The highest BCUT2D eigenvalue weighted by molar-refractivity contribution is 7.89. The van der Waals surface area contributed by atoms with E-state index in [0.717, 1.165) is 5.56 Å². The number of carbonyl (C=O) groups excluding carboxylic acids is 1. The van der Waals surface area contributed by atoms with Crippen LogP contribution in [0.4, 0.5) is 5.69 Å². The number of carbonyl (C=O) groups is 1. The van der Waals surface area contributed by atoms with Gasteiger partial charge in [0.1, 0.15) is 6.61 Å². The molecule has 0 aliphatic rings. The van der Waals surface area contributed by atoms with Crippen LogP contribution in [0.1, 0.15) is 15.9 Å². The minimum absolute atomic E-state index is 0.0596. The summed E-state index contributed by atoms with van der Waals surface area (Å²) in [4.78, 5) is 16.7. The lowest BCUT2D eigenvalue weighted by atomic mass is 10.2. The highest BCUT2D eigenvalue weighted by Crippen LogP contribution is 2.31. The smallest absolute Gasteiger partial charge is 0.255 e. The number of aromatic nitrogens is 1. The second kappa shape index (κ2) is 10.4. The van der Waals surface area contributed by atoms with Gasteiger partial charge in [-0.1, -0.05) is 18.1 Å². The number of anilines is 1. The molecule has 0 bridgehead atoms. The zero-order chi connectivity index (χ0) is 23.0. The number of sulfonamides is 1. The summed E-state index contributed by atoms with van der Waals surface area (Å²) >= 11 is 0. The van der Waals surface area contributed by atoms with Gasteiger partial charge in [-0.3, -0.25) is 9.78 Å². The maximum absolute atomic E-state index is 12.7. The van der Waals surface area contributed by atoms with E-state index >= 15 is 0 Å². The lowest BCUT2D eigenvalue weighted by molar-refractivity contribution is 0.102. The molecule has 2 N–H and O–H groups in total. The molecule has 0 atom stereocenters.